The van der Waals surface area contributed by atoms with Crippen molar-refractivity contribution in [2.45, 2.75) is 33.8 Å². The van der Waals surface area contributed by atoms with Gasteiger partial charge < -0.3 is 10.1 Å². The lowest BCUT2D eigenvalue weighted by Crippen LogP contribution is -2.30. The number of carbonyl (C=O) groups is 1. The van der Waals surface area contributed by atoms with Crippen LogP contribution in [0.1, 0.15) is 23.9 Å². The predicted octanol–water partition coefficient (Wildman–Crippen LogP) is 3.13. The summed E-state index contributed by atoms with van der Waals surface area (Å²) in [4.78, 5) is 20.8. The number of halogens is 1. The lowest BCUT2D eigenvalue weighted by Gasteiger charge is -2.15. The molecule has 0 radical (unpaired) electrons. The van der Waals surface area contributed by atoms with Gasteiger partial charge in [-0.1, -0.05) is 12.1 Å². The molecule has 140 valence electrons. The number of nitrogens with zero attached hydrogens (tertiary/aromatic N) is 4. The van der Waals surface area contributed by atoms with Crippen molar-refractivity contribution in [3.8, 4) is 11.7 Å². The van der Waals surface area contributed by atoms with E-state index in [1.165, 1.54) is 31.5 Å². The van der Waals surface area contributed by atoms with E-state index in [1.807, 2.05) is 20.8 Å². The van der Waals surface area contributed by atoms with Crippen molar-refractivity contribution in [1.29, 1.82) is 0 Å². The second-order valence-corrected chi connectivity index (χ2v) is 6.16. The number of ether oxygens (including phenoxy) is 1. The molecule has 0 aliphatic carbocycles. The number of benzene rings is 1. The van der Waals surface area contributed by atoms with E-state index < -0.39 is 17.8 Å². The van der Waals surface area contributed by atoms with Gasteiger partial charge in [0.15, 0.2) is 17.7 Å². The van der Waals surface area contributed by atoms with Crippen LogP contribution in [0.4, 0.5) is 10.1 Å². The number of rotatable bonds is 5. The van der Waals surface area contributed by atoms with E-state index in [4.69, 9.17) is 4.74 Å². The largest absolute Gasteiger partial charge is 0.478 e. The molecule has 1 unspecified atom stereocenters. The highest BCUT2D eigenvalue weighted by molar-refractivity contribution is 5.93. The van der Waals surface area contributed by atoms with Gasteiger partial charge in [-0.25, -0.2) is 19.0 Å². The van der Waals surface area contributed by atoms with E-state index >= 15 is 0 Å². The lowest BCUT2D eigenvalue weighted by molar-refractivity contribution is -0.122. The second-order valence-electron chi connectivity index (χ2n) is 6.16. The molecule has 0 aliphatic heterocycles. The summed E-state index contributed by atoms with van der Waals surface area (Å²) >= 11 is 0. The minimum absolute atomic E-state index is 0.0200. The molecule has 0 saturated carbocycles. The molecule has 0 aliphatic rings. The smallest absolute Gasteiger partial charge is 0.265 e. The Morgan fingerprint density at radius 3 is 2.44 bits per heavy atom. The fourth-order valence-electron chi connectivity index (χ4n) is 2.44. The summed E-state index contributed by atoms with van der Waals surface area (Å²) in [6.07, 6.45) is 2.09. The molecular weight excluding hydrogens is 349 g/mol. The van der Waals surface area contributed by atoms with Gasteiger partial charge in [0.25, 0.3) is 11.9 Å². The topological polar surface area (TPSA) is 81.9 Å². The maximum atomic E-state index is 13.6. The molecule has 1 atom stereocenters. The van der Waals surface area contributed by atoms with Gasteiger partial charge in [-0.3, -0.25) is 4.79 Å². The van der Waals surface area contributed by atoms with Crippen LogP contribution in [0.5, 0.6) is 5.75 Å². The van der Waals surface area contributed by atoms with Crippen molar-refractivity contribution in [2.75, 3.05) is 5.32 Å². The SMILES string of the molecule is Cc1nn(-c2ncc(NC(=O)C(C)Oc3ccccc3F)cn2)c(C)c1C. The molecule has 3 aromatic rings. The summed E-state index contributed by atoms with van der Waals surface area (Å²) in [6.45, 7) is 7.38. The van der Waals surface area contributed by atoms with Crippen LogP contribution in [0, 0.1) is 26.6 Å². The van der Waals surface area contributed by atoms with Gasteiger partial charge in [0, 0.05) is 5.69 Å². The van der Waals surface area contributed by atoms with Crippen LogP contribution in [-0.2, 0) is 4.79 Å². The van der Waals surface area contributed by atoms with Gasteiger partial charge in [-0.2, -0.15) is 5.10 Å². The third-order valence-corrected chi connectivity index (χ3v) is 4.26. The summed E-state index contributed by atoms with van der Waals surface area (Å²) in [6, 6.07) is 5.92. The molecule has 1 amide bonds. The number of amides is 1. The fraction of sp³-hybridized carbons (Fsp3) is 0.263. The number of hydrogen-bond acceptors (Lipinski definition) is 5. The minimum Gasteiger partial charge on any atom is -0.478 e. The maximum absolute atomic E-state index is 13.6. The summed E-state index contributed by atoms with van der Waals surface area (Å²) in [5.74, 6) is -0.523. The molecule has 0 saturated heterocycles. The average molecular weight is 369 g/mol. The van der Waals surface area contributed by atoms with Crippen LogP contribution < -0.4 is 10.1 Å². The first-order valence-electron chi connectivity index (χ1n) is 8.44. The summed E-state index contributed by atoms with van der Waals surface area (Å²) in [5.41, 5.74) is 3.35. The highest BCUT2D eigenvalue weighted by Gasteiger charge is 2.17. The molecule has 1 N–H and O–H groups in total. The summed E-state index contributed by atoms with van der Waals surface area (Å²) < 4.78 is 20.6. The number of aromatic nitrogens is 4. The number of nitrogens with one attached hydrogen (secondary N) is 1. The van der Waals surface area contributed by atoms with Crippen molar-refractivity contribution >= 4 is 11.6 Å². The van der Waals surface area contributed by atoms with Crippen LogP contribution in [0.15, 0.2) is 36.7 Å². The van der Waals surface area contributed by atoms with Crippen molar-refractivity contribution < 1.29 is 13.9 Å². The van der Waals surface area contributed by atoms with Crippen LogP contribution in [-0.4, -0.2) is 31.8 Å². The van der Waals surface area contributed by atoms with Crippen molar-refractivity contribution in [1.82, 2.24) is 19.7 Å². The van der Waals surface area contributed by atoms with E-state index in [2.05, 4.69) is 20.4 Å². The molecule has 0 bridgehead atoms. The Balaban J connectivity index is 1.68. The highest BCUT2D eigenvalue weighted by Crippen LogP contribution is 2.18. The zero-order chi connectivity index (χ0) is 19.6. The van der Waals surface area contributed by atoms with E-state index in [1.54, 1.807) is 16.8 Å². The number of hydrogen-bond donors (Lipinski definition) is 1. The first-order valence-corrected chi connectivity index (χ1v) is 8.44. The molecule has 27 heavy (non-hydrogen) atoms. The van der Waals surface area contributed by atoms with Gasteiger partial charge in [-0.05, 0) is 45.4 Å². The van der Waals surface area contributed by atoms with Crippen molar-refractivity contribution in [3.63, 3.8) is 0 Å². The fourth-order valence-corrected chi connectivity index (χ4v) is 2.44. The third-order valence-electron chi connectivity index (χ3n) is 4.26. The molecule has 7 nitrogen and oxygen atoms in total. The molecule has 3 rings (SSSR count). The molecule has 8 heteroatoms. The van der Waals surface area contributed by atoms with Crippen molar-refractivity contribution in [3.05, 3.63) is 59.4 Å². The Hall–Kier alpha value is -3.29. The average Bonchev–Trinajstić information content (AvgIpc) is 2.91. The van der Waals surface area contributed by atoms with Crippen LogP contribution in [0.3, 0.4) is 0 Å². The summed E-state index contributed by atoms with van der Waals surface area (Å²) in [7, 11) is 0. The Labute approximate surface area is 156 Å². The van der Waals surface area contributed by atoms with E-state index in [9.17, 15) is 9.18 Å². The van der Waals surface area contributed by atoms with Gasteiger partial charge in [0.1, 0.15) is 0 Å². The number of anilines is 1. The molecule has 0 fully saturated rings. The molecule has 0 spiro atoms. The molecule has 2 aromatic heterocycles. The van der Waals surface area contributed by atoms with Crippen molar-refractivity contribution in [2.24, 2.45) is 0 Å². The highest BCUT2D eigenvalue weighted by atomic mass is 19.1. The number of aryl methyl sites for hydroxylation is 1. The van der Waals surface area contributed by atoms with E-state index in [0.717, 1.165) is 17.0 Å². The number of para-hydroxylation sites is 1. The Morgan fingerprint density at radius 1 is 1.19 bits per heavy atom. The van der Waals surface area contributed by atoms with Gasteiger partial charge in [0.2, 0.25) is 0 Å². The third kappa shape index (κ3) is 3.94. The summed E-state index contributed by atoms with van der Waals surface area (Å²) in [5, 5.41) is 7.05. The van der Waals surface area contributed by atoms with E-state index in [0.29, 0.717) is 11.6 Å². The van der Waals surface area contributed by atoms with E-state index in [-0.39, 0.29) is 5.75 Å². The second kappa shape index (κ2) is 7.53. The minimum atomic E-state index is -0.889. The maximum Gasteiger partial charge on any atom is 0.265 e. The predicted molar refractivity (Wildman–Crippen MR) is 98.5 cm³/mol. The Bertz CT molecular complexity index is 969. The monoisotopic (exact) mass is 369 g/mol. The van der Waals surface area contributed by atoms with Gasteiger partial charge in [-0.15, -0.1) is 0 Å². The standard InChI is InChI=1S/C19H20FN5O2/c1-11-12(2)24-25(13(11)3)19-21-9-15(10-22-19)23-18(26)14(4)27-17-8-6-5-7-16(17)20/h5-10,14H,1-4H3,(H,23,26). The quantitative estimate of drug-likeness (QED) is 0.747. The molecular formula is C19H20FN5O2. The zero-order valence-corrected chi connectivity index (χ0v) is 15.5. The van der Waals surface area contributed by atoms with Crippen LogP contribution in [0.2, 0.25) is 0 Å². The normalized spacial score (nSPS) is 11.9. The van der Waals surface area contributed by atoms with Crippen LogP contribution in [0.25, 0.3) is 5.95 Å². The Morgan fingerprint density at radius 2 is 1.85 bits per heavy atom. The van der Waals surface area contributed by atoms with Gasteiger partial charge in [0.05, 0.1) is 23.8 Å². The molecule has 1 aromatic carbocycles. The number of carbonyl (C=O) groups excluding carboxylic acids is 1. The zero-order valence-electron chi connectivity index (χ0n) is 15.5. The Kier molecular flexibility index (Phi) is 5.16. The first kappa shape index (κ1) is 18.5. The molecule has 2 heterocycles. The lowest BCUT2D eigenvalue weighted by atomic mass is 10.2. The van der Waals surface area contributed by atoms with Gasteiger partial charge >= 0.3 is 0 Å². The first-order chi connectivity index (χ1) is 12.9. The van der Waals surface area contributed by atoms with Crippen LogP contribution >= 0.6 is 0 Å².